The normalized spacial score (nSPS) is 16.4. The molecule has 4 heteroatoms. The van der Waals surface area contributed by atoms with Crippen LogP contribution in [0.3, 0.4) is 0 Å². The zero-order valence-electron chi connectivity index (χ0n) is 13.3. The van der Waals surface area contributed by atoms with Crippen molar-refractivity contribution in [1.82, 2.24) is 0 Å². The van der Waals surface area contributed by atoms with Gasteiger partial charge in [-0.05, 0) is 23.8 Å². The lowest BCUT2D eigenvalue weighted by molar-refractivity contribution is 0.978. The molecule has 0 fully saturated rings. The van der Waals surface area contributed by atoms with Gasteiger partial charge < -0.3 is 5.32 Å². The highest BCUT2D eigenvalue weighted by molar-refractivity contribution is 7.80. The molecule has 1 atom stereocenters. The number of halogens is 1. The zero-order valence-corrected chi connectivity index (χ0v) is 14.9. The quantitative estimate of drug-likeness (QED) is 0.594. The van der Waals surface area contributed by atoms with Gasteiger partial charge in [0, 0.05) is 21.8 Å². The fraction of sp³-hybridized carbons (Fsp3) is 0.0476. The third-order valence-electron chi connectivity index (χ3n) is 4.16. The number of hydrogen-bond donors (Lipinski definition) is 1. The maximum absolute atomic E-state index is 6.26. The van der Waals surface area contributed by atoms with Crippen LogP contribution in [-0.4, -0.2) is 10.7 Å². The van der Waals surface area contributed by atoms with E-state index in [1.54, 1.807) is 0 Å². The molecule has 1 heterocycles. The monoisotopic (exact) mass is 362 g/mol. The summed E-state index contributed by atoms with van der Waals surface area (Å²) in [7, 11) is 0. The molecule has 0 bridgehead atoms. The summed E-state index contributed by atoms with van der Waals surface area (Å²) in [5.41, 5.74) is 4.88. The molecule has 0 radical (unpaired) electrons. The first-order valence-corrected chi connectivity index (χ1v) is 8.80. The molecule has 4 rings (SSSR count). The Morgan fingerprint density at radius 2 is 1.56 bits per heavy atom. The Hall–Kier alpha value is -2.49. The lowest BCUT2D eigenvalue weighted by atomic mass is 10.0. The zero-order chi connectivity index (χ0) is 17.2. The van der Waals surface area contributed by atoms with Crippen LogP contribution in [0.1, 0.15) is 22.7 Å². The van der Waals surface area contributed by atoms with Gasteiger partial charge in [-0.2, -0.15) is 0 Å². The fourth-order valence-electron chi connectivity index (χ4n) is 2.97. The summed E-state index contributed by atoms with van der Waals surface area (Å²) in [5, 5.41) is 4.03. The van der Waals surface area contributed by atoms with E-state index in [1.165, 1.54) is 0 Å². The number of nitrogens with one attached hydrogen (secondary N) is 1. The molecular weight excluding hydrogens is 348 g/mol. The molecule has 1 aliphatic heterocycles. The molecule has 0 saturated carbocycles. The second kappa shape index (κ2) is 6.79. The molecule has 0 saturated heterocycles. The predicted octanol–water partition coefficient (Wildman–Crippen LogP) is 5.67. The summed E-state index contributed by atoms with van der Waals surface area (Å²) in [4.78, 5) is 5.72. The first-order valence-electron chi connectivity index (χ1n) is 8.01. The van der Waals surface area contributed by atoms with Gasteiger partial charge in [-0.1, -0.05) is 84.5 Å². The Bertz CT molecular complexity index is 952. The smallest absolute Gasteiger partial charge is 0.126 e. The van der Waals surface area contributed by atoms with Crippen molar-refractivity contribution >= 4 is 40.2 Å². The van der Waals surface area contributed by atoms with Gasteiger partial charge in [0.25, 0.3) is 0 Å². The highest BCUT2D eigenvalue weighted by Gasteiger charge is 2.24. The largest absolute Gasteiger partial charge is 0.347 e. The van der Waals surface area contributed by atoms with Crippen LogP contribution < -0.4 is 5.32 Å². The van der Waals surface area contributed by atoms with Gasteiger partial charge in [0.15, 0.2) is 0 Å². The molecule has 0 spiro atoms. The van der Waals surface area contributed by atoms with Crippen molar-refractivity contribution < 1.29 is 0 Å². The predicted molar refractivity (Wildman–Crippen MR) is 109 cm³/mol. The average Bonchev–Trinajstić information content (AvgIpc) is 2.79. The Labute approximate surface area is 157 Å². The first-order chi connectivity index (χ1) is 12.2. The topological polar surface area (TPSA) is 24.4 Å². The Morgan fingerprint density at radius 3 is 2.28 bits per heavy atom. The van der Waals surface area contributed by atoms with E-state index in [-0.39, 0.29) is 6.04 Å². The summed E-state index contributed by atoms with van der Waals surface area (Å²) in [5.74, 6) is 0. The van der Waals surface area contributed by atoms with Gasteiger partial charge in [0.05, 0.1) is 5.71 Å². The molecule has 1 N–H and O–H groups in total. The maximum Gasteiger partial charge on any atom is 0.126 e. The summed E-state index contributed by atoms with van der Waals surface area (Å²) >= 11 is 11.9. The first kappa shape index (κ1) is 16.0. The van der Waals surface area contributed by atoms with Crippen LogP contribution in [0.15, 0.2) is 83.9 Å². The van der Waals surface area contributed by atoms with E-state index in [2.05, 4.69) is 17.4 Å². The molecule has 3 aromatic carbocycles. The molecule has 0 aliphatic carbocycles. The van der Waals surface area contributed by atoms with Gasteiger partial charge in [-0.3, -0.25) is 4.99 Å². The van der Waals surface area contributed by atoms with Crippen molar-refractivity contribution in [3.63, 3.8) is 0 Å². The van der Waals surface area contributed by atoms with E-state index in [1.807, 2.05) is 66.7 Å². The van der Waals surface area contributed by atoms with E-state index in [9.17, 15) is 0 Å². The lowest BCUT2D eigenvalue weighted by Gasteiger charge is -2.14. The minimum Gasteiger partial charge on any atom is -0.347 e. The fourth-order valence-corrected chi connectivity index (χ4v) is 3.44. The summed E-state index contributed by atoms with van der Waals surface area (Å²) in [6.45, 7) is 0. The van der Waals surface area contributed by atoms with Crippen molar-refractivity contribution in [2.45, 2.75) is 6.04 Å². The van der Waals surface area contributed by atoms with Crippen molar-refractivity contribution in [2.75, 3.05) is 5.32 Å². The molecule has 1 aliphatic rings. The molecule has 122 valence electrons. The van der Waals surface area contributed by atoms with E-state index < -0.39 is 0 Å². The average molecular weight is 363 g/mol. The van der Waals surface area contributed by atoms with Crippen LogP contribution in [0, 0.1) is 0 Å². The van der Waals surface area contributed by atoms with E-state index in [4.69, 9.17) is 28.8 Å². The molecular formula is C21H15ClN2S. The summed E-state index contributed by atoms with van der Waals surface area (Å²) < 4.78 is 0. The number of hydrogen-bond acceptors (Lipinski definition) is 2. The molecule has 25 heavy (non-hydrogen) atoms. The number of aliphatic imine (C=N–C) groups is 1. The number of anilines is 1. The molecule has 0 aromatic heterocycles. The number of thiocarbonyl (C=S) groups is 1. The second-order valence-corrected chi connectivity index (χ2v) is 6.71. The minimum absolute atomic E-state index is 0.238. The van der Waals surface area contributed by atoms with Crippen molar-refractivity contribution in [1.29, 1.82) is 0 Å². The van der Waals surface area contributed by atoms with Gasteiger partial charge in [-0.15, -0.1) is 0 Å². The van der Waals surface area contributed by atoms with Crippen molar-refractivity contribution in [3.05, 3.63) is 101 Å². The number of nitrogens with zero attached hydrogens (tertiary/aromatic N) is 1. The number of fused-ring (bicyclic) bond motifs is 1. The number of rotatable bonds is 2. The summed E-state index contributed by atoms with van der Waals surface area (Å²) in [6.07, 6.45) is 0. The van der Waals surface area contributed by atoms with Gasteiger partial charge in [0.2, 0.25) is 0 Å². The lowest BCUT2D eigenvalue weighted by Crippen LogP contribution is -2.16. The van der Waals surface area contributed by atoms with Crippen LogP contribution in [0.4, 0.5) is 5.69 Å². The minimum atomic E-state index is -0.238. The number of benzodiazepines with no additional fused rings is 1. The van der Waals surface area contributed by atoms with E-state index in [0.29, 0.717) is 10.0 Å². The van der Waals surface area contributed by atoms with Gasteiger partial charge in [-0.25, -0.2) is 0 Å². The van der Waals surface area contributed by atoms with Crippen molar-refractivity contribution in [2.24, 2.45) is 4.99 Å². The summed E-state index contributed by atoms with van der Waals surface area (Å²) in [6, 6.07) is 25.7. The Kier molecular flexibility index (Phi) is 4.35. The second-order valence-electron chi connectivity index (χ2n) is 5.84. The molecule has 2 nitrogen and oxygen atoms in total. The highest BCUT2D eigenvalue weighted by Crippen LogP contribution is 2.32. The third kappa shape index (κ3) is 3.21. The van der Waals surface area contributed by atoms with Gasteiger partial charge >= 0.3 is 0 Å². The SMILES string of the molecule is S=C1Nc2ccc(Cl)cc2C(c2ccccc2)=NC1c1ccccc1. The number of benzene rings is 3. The Morgan fingerprint density at radius 1 is 0.880 bits per heavy atom. The molecule has 1 unspecified atom stereocenters. The van der Waals surface area contributed by atoms with E-state index >= 15 is 0 Å². The van der Waals surface area contributed by atoms with Crippen molar-refractivity contribution in [3.8, 4) is 0 Å². The third-order valence-corrected chi connectivity index (χ3v) is 4.72. The van der Waals surface area contributed by atoms with Crippen LogP contribution in [-0.2, 0) is 0 Å². The van der Waals surface area contributed by atoms with Gasteiger partial charge in [0.1, 0.15) is 11.0 Å². The molecule has 3 aromatic rings. The van der Waals surface area contributed by atoms with E-state index in [0.717, 1.165) is 28.1 Å². The van der Waals surface area contributed by atoms with Crippen LogP contribution in [0.2, 0.25) is 5.02 Å². The standard InChI is InChI=1S/C21H15ClN2S/c22-16-11-12-18-17(13-16)19(14-7-3-1-4-8-14)24-20(21(25)23-18)15-9-5-2-6-10-15/h1-13,20H,(H,23,25). The van der Waals surface area contributed by atoms with Crippen LogP contribution in [0.5, 0.6) is 0 Å². The highest BCUT2D eigenvalue weighted by atomic mass is 35.5. The van der Waals surface area contributed by atoms with Crippen LogP contribution >= 0.6 is 23.8 Å². The molecule has 0 amide bonds. The maximum atomic E-state index is 6.26. The Balaban J connectivity index is 1.94. The van der Waals surface area contributed by atoms with Crippen LogP contribution in [0.25, 0.3) is 0 Å².